The molecule has 0 aliphatic carbocycles. The molecule has 0 aromatic heterocycles. The summed E-state index contributed by atoms with van der Waals surface area (Å²) in [7, 11) is 2.11. The van der Waals surface area contributed by atoms with Gasteiger partial charge in [0.1, 0.15) is 0 Å². The smallest absolute Gasteiger partial charge is 0.0406 e. The normalized spacial score (nSPS) is 10.8. The Labute approximate surface area is 92.8 Å². The SMILES string of the molecule is CN(CCBr)Cc1ccc(Cl)cc1. The van der Waals surface area contributed by atoms with Crippen molar-refractivity contribution >= 4 is 27.5 Å². The lowest BCUT2D eigenvalue weighted by atomic mass is 10.2. The Kier molecular flexibility index (Phi) is 4.78. The molecule has 0 radical (unpaired) electrons. The third-order valence-corrected chi connectivity index (χ3v) is 2.44. The molecule has 0 saturated heterocycles. The van der Waals surface area contributed by atoms with E-state index in [0.29, 0.717) is 0 Å². The second-order valence-corrected chi connectivity index (χ2v) is 4.28. The highest BCUT2D eigenvalue weighted by atomic mass is 79.9. The minimum Gasteiger partial charge on any atom is -0.301 e. The van der Waals surface area contributed by atoms with Crippen molar-refractivity contribution in [3.63, 3.8) is 0 Å². The van der Waals surface area contributed by atoms with E-state index in [1.165, 1.54) is 5.56 Å². The Balaban J connectivity index is 2.49. The van der Waals surface area contributed by atoms with Gasteiger partial charge in [-0.15, -0.1) is 0 Å². The first-order valence-corrected chi connectivity index (χ1v) is 5.71. The summed E-state index contributed by atoms with van der Waals surface area (Å²) in [6.07, 6.45) is 0. The third kappa shape index (κ3) is 4.12. The summed E-state index contributed by atoms with van der Waals surface area (Å²) in [6, 6.07) is 7.98. The van der Waals surface area contributed by atoms with Crippen molar-refractivity contribution in [1.82, 2.24) is 4.90 Å². The first-order valence-electron chi connectivity index (χ1n) is 4.21. The lowest BCUT2D eigenvalue weighted by Gasteiger charge is -2.14. The highest BCUT2D eigenvalue weighted by Gasteiger charge is 1.98. The molecule has 0 fully saturated rings. The van der Waals surface area contributed by atoms with Crippen LogP contribution >= 0.6 is 27.5 Å². The quantitative estimate of drug-likeness (QED) is 0.754. The molecular formula is C10H13BrClN. The molecule has 72 valence electrons. The Morgan fingerprint density at radius 1 is 1.31 bits per heavy atom. The van der Waals surface area contributed by atoms with E-state index >= 15 is 0 Å². The number of alkyl halides is 1. The zero-order chi connectivity index (χ0) is 9.68. The second-order valence-electron chi connectivity index (χ2n) is 3.05. The third-order valence-electron chi connectivity index (χ3n) is 1.83. The van der Waals surface area contributed by atoms with Crippen LogP contribution in [0.25, 0.3) is 0 Å². The van der Waals surface area contributed by atoms with Crippen LogP contribution in [0.4, 0.5) is 0 Å². The zero-order valence-corrected chi connectivity index (χ0v) is 9.98. The van der Waals surface area contributed by atoms with E-state index in [-0.39, 0.29) is 0 Å². The van der Waals surface area contributed by atoms with E-state index in [0.717, 1.165) is 23.4 Å². The lowest BCUT2D eigenvalue weighted by molar-refractivity contribution is 0.349. The van der Waals surface area contributed by atoms with Crippen LogP contribution < -0.4 is 0 Å². The first-order chi connectivity index (χ1) is 6.22. The molecule has 1 aromatic carbocycles. The molecule has 1 aromatic rings. The molecule has 13 heavy (non-hydrogen) atoms. The van der Waals surface area contributed by atoms with Crippen molar-refractivity contribution in [2.45, 2.75) is 6.54 Å². The summed E-state index contributed by atoms with van der Waals surface area (Å²) in [4.78, 5) is 2.26. The first kappa shape index (κ1) is 11.0. The molecule has 0 spiro atoms. The molecule has 0 bridgehead atoms. The fourth-order valence-electron chi connectivity index (χ4n) is 1.12. The Morgan fingerprint density at radius 3 is 2.46 bits per heavy atom. The lowest BCUT2D eigenvalue weighted by Crippen LogP contribution is -2.19. The molecule has 1 rings (SSSR count). The number of hydrogen-bond donors (Lipinski definition) is 0. The van der Waals surface area contributed by atoms with Crippen LogP contribution in [0.1, 0.15) is 5.56 Å². The van der Waals surface area contributed by atoms with Gasteiger partial charge >= 0.3 is 0 Å². The maximum absolute atomic E-state index is 5.79. The largest absolute Gasteiger partial charge is 0.301 e. The summed E-state index contributed by atoms with van der Waals surface area (Å²) in [5, 5.41) is 1.81. The van der Waals surface area contributed by atoms with Crippen LogP contribution in [-0.4, -0.2) is 23.8 Å². The van der Waals surface area contributed by atoms with Gasteiger partial charge in [-0.25, -0.2) is 0 Å². The number of halogens is 2. The van der Waals surface area contributed by atoms with Gasteiger partial charge in [0, 0.05) is 23.4 Å². The fraction of sp³-hybridized carbons (Fsp3) is 0.400. The van der Waals surface area contributed by atoms with Crippen LogP contribution in [0.3, 0.4) is 0 Å². The molecule has 1 nitrogen and oxygen atoms in total. The maximum Gasteiger partial charge on any atom is 0.0406 e. The average Bonchev–Trinajstić information content (AvgIpc) is 2.09. The molecule has 0 atom stereocenters. The van der Waals surface area contributed by atoms with Gasteiger partial charge in [-0.1, -0.05) is 39.7 Å². The van der Waals surface area contributed by atoms with Gasteiger partial charge in [0.05, 0.1) is 0 Å². The topological polar surface area (TPSA) is 3.24 Å². The van der Waals surface area contributed by atoms with E-state index in [9.17, 15) is 0 Å². The van der Waals surface area contributed by atoms with Crippen molar-refractivity contribution in [2.75, 3.05) is 18.9 Å². The second kappa shape index (κ2) is 5.63. The number of rotatable bonds is 4. The van der Waals surface area contributed by atoms with Crippen molar-refractivity contribution in [2.24, 2.45) is 0 Å². The highest BCUT2D eigenvalue weighted by Crippen LogP contribution is 2.10. The van der Waals surface area contributed by atoms with Gasteiger partial charge < -0.3 is 4.90 Å². The Morgan fingerprint density at radius 2 is 1.92 bits per heavy atom. The van der Waals surface area contributed by atoms with Crippen LogP contribution in [0.2, 0.25) is 5.02 Å². The molecular weight excluding hydrogens is 249 g/mol. The van der Waals surface area contributed by atoms with Crippen LogP contribution in [0.5, 0.6) is 0 Å². The van der Waals surface area contributed by atoms with Crippen LogP contribution in [0, 0.1) is 0 Å². The highest BCUT2D eigenvalue weighted by molar-refractivity contribution is 9.09. The minimum atomic E-state index is 0.798. The molecule has 0 amide bonds. The van der Waals surface area contributed by atoms with Gasteiger partial charge in [-0.2, -0.15) is 0 Å². The van der Waals surface area contributed by atoms with E-state index in [4.69, 9.17) is 11.6 Å². The summed E-state index contributed by atoms with van der Waals surface area (Å²) in [6.45, 7) is 2.03. The van der Waals surface area contributed by atoms with E-state index in [1.807, 2.05) is 12.1 Å². The van der Waals surface area contributed by atoms with Crippen molar-refractivity contribution < 1.29 is 0 Å². The van der Waals surface area contributed by atoms with E-state index in [2.05, 4.69) is 40.0 Å². The maximum atomic E-state index is 5.79. The van der Waals surface area contributed by atoms with Crippen molar-refractivity contribution in [1.29, 1.82) is 0 Å². The summed E-state index contributed by atoms with van der Waals surface area (Å²) in [5.41, 5.74) is 1.30. The fourth-order valence-corrected chi connectivity index (χ4v) is 1.86. The van der Waals surface area contributed by atoms with Crippen LogP contribution in [0.15, 0.2) is 24.3 Å². The van der Waals surface area contributed by atoms with E-state index < -0.39 is 0 Å². The monoisotopic (exact) mass is 261 g/mol. The zero-order valence-electron chi connectivity index (χ0n) is 7.63. The molecule has 3 heteroatoms. The summed E-state index contributed by atoms with van der Waals surface area (Å²) in [5.74, 6) is 0. The summed E-state index contributed by atoms with van der Waals surface area (Å²) < 4.78 is 0. The van der Waals surface area contributed by atoms with E-state index in [1.54, 1.807) is 0 Å². The predicted octanol–water partition coefficient (Wildman–Crippen LogP) is 3.17. The van der Waals surface area contributed by atoms with Crippen molar-refractivity contribution in [3.05, 3.63) is 34.9 Å². The minimum absolute atomic E-state index is 0.798. The molecule has 0 N–H and O–H groups in total. The number of benzene rings is 1. The van der Waals surface area contributed by atoms with Gasteiger partial charge in [0.15, 0.2) is 0 Å². The molecule has 0 aliphatic rings. The molecule has 0 heterocycles. The van der Waals surface area contributed by atoms with Gasteiger partial charge in [-0.05, 0) is 24.7 Å². The van der Waals surface area contributed by atoms with Crippen molar-refractivity contribution in [3.8, 4) is 0 Å². The number of nitrogens with zero attached hydrogens (tertiary/aromatic N) is 1. The average molecular weight is 263 g/mol. The Bertz CT molecular complexity index is 248. The predicted molar refractivity (Wildman–Crippen MR) is 61.6 cm³/mol. The van der Waals surface area contributed by atoms with Gasteiger partial charge in [0.2, 0.25) is 0 Å². The molecule has 0 unspecified atom stereocenters. The van der Waals surface area contributed by atoms with Gasteiger partial charge in [0.25, 0.3) is 0 Å². The number of hydrogen-bond acceptors (Lipinski definition) is 1. The summed E-state index contributed by atoms with van der Waals surface area (Å²) >= 11 is 9.20. The van der Waals surface area contributed by atoms with Gasteiger partial charge in [-0.3, -0.25) is 0 Å². The van der Waals surface area contributed by atoms with Crippen LogP contribution in [-0.2, 0) is 6.54 Å². The standard InChI is InChI=1S/C10H13BrClN/c1-13(7-6-11)8-9-2-4-10(12)5-3-9/h2-5H,6-8H2,1H3. The molecule has 0 saturated carbocycles. The molecule has 0 aliphatic heterocycles. The Hall–Kier alpha value is -0.0500.